The summed E-state index contributed by atoms with van der Waals surface area (Å²) in [6.45, 7) is 0. The lowest BCUT2D eigenvalue weighted by molar-refractivity contribution is 0.440. The van der Waals surface area contributed by atoms with Gasteiger partial charge in [0.1, 0.15) is 0 Å². The van der Waals surface area contributed by atoms with Crippen LogP contribution in [0.3, 0.4) is 0 Å². The summed E-state index contributed by atoms with van der Waals surface area (Å²) in [5.74, 6) is 0. The van der Waals surface area contributed by atoms with E-state index in [2.05, 4.69) is 60.5 Å². The van der Waals surface area contributed by atoms with E-state index in [1.54, 1.807) is 5.56 Å². The van der Waals surface area contributed by atoms with Crippen LogP contribution in [0.4, 0.5) is 5.69 Å². The molecule has 1 heteroatoms. The summed E-state index contributed by atoms with van der Waals surface area (Å²) in [7, 11) is 2.26. The molecule has 1 nitrogen and oxygen atoms in total. The van der Waals surface area contributed by atoms with Gasteiger partial charge in [-0.05, 0) is 35.6 Å². The molecule has 0 saturated carbocycles. The van der Waals surface area contributed by atoms with Gasteiger partial charge in [-0.25, -0.2) is 0 Å². The van der Waals surface area contributed by atoms with Crippen LogP contribution in [-0.4, -0.2) is 7.05 Å². The van der Waals surface area contributed by atoms with Crippen LogP contribution >= 0.6 is 0 Å². The lowest BCUT2D eigenvalue weighted by atomic mass is 9.88. The summed E-state index contributed by atoms with van der Waals surface area (Å²) in [5.41, 5.74) is 6.21. The Bertz CT molecular complexity index is 617. The topological polar surface area (TPSA) is 3.24 Å². The predicted molar refractivity (Wildman–Crippen MR) is 75.0 cm³/mol. The van der Waals surface area contributed by atoms with Gasteiger partial charge in [-0.2, -0.15) is 0 Å². The monoisotopic (exact) mass is 235 g/mol. The van der Waals surface area contributed by atoms with Crippen LogP contribution < -0.4 is 4.90 Å². The van der Waals surface area contributed by atoms with Crippen LogP contribution in [0.25, 0.3) is 0 Å². The fraction of sp³-hybridized carbons (Fsp3) is 0.294. The first-order valence-corrected chi connectivity index (χ1v) is 6.71. The number of hydrogen-bond donors (Lipinski definition) is 0. The summed E-state index contributed by atoms with van der Waals surface area (Å²) in [5, 5.41) is 0. The molecule has 1 aliphatic carbocycles. The second kappa shape index (κ2) is 3.38. The minimum absolute atomic E-state index is 0.222. The van der Waals surface area contributed by atoms with E-state index < -0.39 is 0 Å². The Hall–Kier alpha value is -1.76. The van der Waals surface area contributed by atoms with Crippen molar-refractivity contribution in [3.63, 3.8) is 0 Å². The van der Waals surface area contributed by atoms with Crippen molar-refractivity contribution in [2.75, 3.05) is 11.9 Å². The highest BCUT2D eigenvalue weighted by molar-refractivity contribution is 5.64. The van der Waals surface area contributed by atoms with Crippen LogP contribution in [0.1, 0.15) is 23.1 Å². The number of nitrogens with zero attached hydrogens (tertiary/aromatic N) is 1. The molecule has 0 radical (unpaired) electrons. The molecular weight excluding hydrogens is 218 g/mol. The van der Waals surface area contributed by atoms with E-state index in [1.165, 1.54) is 29.7 Å². The molecule has 0 bridgehead atoms. The summed E-state index contributed by atoms with van der Waals surface area (Å²) in [6, 6.07) is 17.8. The number of rotatable bonds is 0. The molecule has 18 heavy (non-hydrogen) atoms. The van der Waals surface area contributed by atoms with Crippen molar-refractivity contribution in [1.29, 1.82) is 0 Å². The van der Waals surface area contributed by atoms with Crippen molar-refractivity contribution in [2.24, 2.45) is 0 Å². The minimum atomic E-state index is 0.222. The van der Waals surface area contributed by atoms with Gasteiger partial charge in [0.25, 0.3) is 0 Å². The molecule has 0 amide bonds. The normalized spacial score (nSPS) is 24.4. The average Bonchev–Trinajstić information content (AvgIpc) is 2.92. The summed E-state index contributed by atoms with van der Waals surface area (Å²) < 4.78 is 0. The van der Waals surface area contributed by atoms with E-state index >= 15 is 0 Å². The molecule has 1 spiro atoms. The molecule has 90 valence electrons. The van der Waals surface area contributed by atoms with Crippen LogP contribution in [0.5, 0.6) is 0 Å². The number of aryl methyl sites for hydroxylation is 1. The van der Waals surface area contributed by atoms with E-state index in [4.69, 9.17) is 0 Å². The van der Waals surface area contributed by atoms with Crippen molar-refractivity contribution >= 4 is 5.69 Å². The van der Waals surface area contributed by atoms with E-state index in [-0.39, 0.29) is 5.54 Å². The first-order chi connectivity index (χ1) is 8.81. The van der Waals surface area contributed by atoms with Crippen molar-refractivity contribution in [1.82, 2.24) is 0 Å². The summed E-state index contributed by atoms with van der Waals surface area (Å²) >= 11 is 0. The van der Waals surface area contributed by atoms with Gasteiger partial charge in [0, 0.05) is 19.2 Å². The van der Waals surface area contributed by atoms with Crippen LogP contribution in [0.2, 0.25) is 0 Å². The molecule has 0 saturated heterocycles. The maximum atomic E-state index is 2.51. The highest BCUT2D eigenvalue weighted by Crippen LogP contribution is 2.50. The average molecular weight is 235 g/mol. The zero-order valence-electron chi connectivity index (χ0n) is 10.7. The molecule has 1 atom stereocenters. The third-order valence-electron chi connectivity index (χ3n) is 4.80. The van der Waals surface area contributed by atoms with Gasteiger partial charge in [-0.1, -0.05) is 42.5 Å². The molecule has 0 fully saturated rings. The van der Waals surface area contributed by atoms with Crippen molar-refractivity contribution in [3.05, 3.63) is 65.2 Å². The Labute approximate surface area is 108 Å². The van der Waals surface area contributed by atoms with E-state index in [9.17, 15) is 0 Å². The van der Waals surface area contributed by atoms with Gasteiger partial charge >= 0.3 is 0 Å². The van der Waals surface area contributed by atoms with E-state index in [0.717, 1.165) is 6.42 Å². The molecule has 0 N–H and O–H groups in total. The van der Waals surface area contributed by atoms with Crippen LogP contribution in [0.15, 0.2) is 48.5 Å². The fourth-order valence-corrected chi connectivity index (χ4v) is 3.85. The molecule has 0 aromatic heterocycles. The second-order valence-corrected chi connectivity index (χ2v) is 5.55. The fourth-order valence-electron chi connectivity index (χ4n) is 3.85. The third kappa shape index (κ3) is 1.12. The van der Waals surface area contributed by atoms with Crippen LogP contribution in [-0.2, 0) is 18.4 Å². The molecular formula is C17H17N. The SMILES string of the molecule is CN1c2ccccc2CC12CCc1ccccc12. The highest BCUT2D eigenvalue weighted by Gasteiger charge is 2.46. The molecule has 4 rings (SSSR count). The van der Waals surface area contributed by atoms with E-state index in [1.807, 2.05) is 0 Å². The quantitative estimate of drug-likeness (QED) is 0.675. The van der Waals surface area contributed by atoms with Gasteiger partial charge in [0.15, 0.2) is 0 Å². The predicted octanol–water partition coefficient (Wildman–Crippen LogP) is 3.52. The molecule has 1 unspecified atom stereocenters. The van der Waals surface area contributed by atoms with Crippen LogP contribution in [0, 0.1) is 0 Å². The Morgan fingerprint density at radius 3 is 2.50 bits per heavy atom. The van der Waals surface area contributed by atoms with Crippen molar-refractivity contribution in [2.45, 2.75) is 24.8 Å². The first kappa shape index (κ1) is 10.2. The molecule has 2 aliphatic rings. The standard InChI is InChI=1S/C17H17N/c1-18-16-9-5-3-7-14(16)12-17(18)11-10-13-6-2-4-8-15(13)17/h2-9H,10-12H2,1H3. The zero-order valence-corrected chi connectivity index (χ0v) is 10.7. The van der Waals surface area contributed by atoms with Gasteiger partial charge in [0.2, 0.25) is 0 Å². The highest BCUT2D eigenvalue weighted by atomic mass is 15.2. The van der Waals surface area contributed by atoms with Gasteiger partial charge in [-0.15, -0.1) is 0 Å². The van der Waals surface area contributed by atoms with Gasteiger partial charge in [-0.3, -0.25) is 0 Å². The molecule has 2 aromatic rings. The molecule has 1 aliphatic heterocycles. The maximum absolute atomic E-state index is 2.51. The maximum Gasteiger partial charge on any atom is 0.0697 e. The molecule has 1 heterocycles. The van der Waals surface area contributed by atoms with Crippen molar-refractivity contribution < 1.29 is 0 Å². The van der Waals surface area contributed by atoms with Gasteiger partial charge < -0.3 is 4.90 Å². The number of fused-ring (bicyclic) bond motifs is 3. The lowest BCUT2D eigenvalue weighted by Crippen LogP contribution is -2.39. The van der Waals surface area contributed by atoms with E-state index in [0.29, 0.717) is 0 Å². The zero-order chi connectivity index (χ0) is 12.2. The Morgan fingerprint density at radius 1 is 0.944 bits per heavy atom. The third-order valence-corrected chi connectivity index (χ3v) is 4.80. The van der Waals surface area contributed by atoms with Crippen molar-refractivity contribution in [3.8, 4) is 0 Å². The Balaban J connectivity index is 1.90. The number of hydrogen-bond acceptors (Lipinski definition) is 1. The first-order valence-electron chi connectivity index (χ1n) is 6.71. The van der Waals surface area contributed by atoms with Gasteiger partial charge in [0.05, 0.1) is 5.54 Å². The largest absolute Gasteiger partial charge is 0.364 e. The number of likely N-dealkylation sites (N-methyl/N-ethyl adjacent to an activating group) is 1. The number of para-hydroxylation sites is 1. The summed E-state index contributed by atoms with van der Waals surface area (Å²) in [4.78, 5) is 2.51. The minimum Gasteiger partial charge on any atom is -0.364 e. The summed E-state index contributed by atoms with van der Waals surface area (Å²) in [6.07, 6.45) is 3.63. The Kier molecular flexibility index (Phi) is 1.91. The molecule has 2 aromatic carbocycles. The Morgan fingerprint density at radius 2 is 1.67 bits per heavy atom. The number of benzene rings is 2. The second-order valence-electron chi connectivity index (χ2n) is 5.55. The number of anilines is 1. The smallest absolute Gasteiger partial charge is 0.0697 e. The lowest BCUT2D eigenvalue weighted by Gasteiger charge is -2.35.